The van der Waals surface area contributed by atoms with Gasteiger partial charge in [-0.1, -0.05) is 5.16 Å². The minimum atomic E-state index is -0.956. The van der Waals surface area contributed by atoms with Crippen LogP contribution >= 0.6 is 0 Å². The predicted molar refractivity (Wildman–Crippen MR) is 72.4 cm³/mol. The maximum Gasteiger partial charge on any atom is 0.364 e. The Balaban J connectivity index is 2.88. The van der Waals surface area contributed by atoms with Gasteiger partial charge in [0.2, 0.25) is 11.5 Å². The third kappa shape index (κ3) is 4.08. The molecule has 0 spiro atoms. The first-order valence-corrected chi connectivity index (χ1v) is 6.20. The first-order valence-electron chi connectivity index (χ1n) is 6.20. The molecular formula is C14H17NO5. The van der Waals surface area contributed by atoms with Crippen molar-refractivity contribution in [2.45, 2.75) is 26.9 Å². The van der Waals surface area contributed by atoms with Crippen LogP contribution in [0.2, 0.25) is 0 Å². The molecule has 0 atom stereocenters. The van der Waals surface area contributed by atoms with Crippen molar-refractivity contribution in [2.24, 2.45) is 5.16 Å². The lowest BCUT2D eigenvalue weighted by Crippen LogP contribution is -2.26. The van der Waals surface area contributed by atoms with E-state index in [-0.39, 0.29) is 18.3 Å². The van der Waals surface area contributed by atoms with Gasteiger partial charge >= 0.3 is 5.97 Å². The van der Waals surface area contributed by atoms with E-state index >= 15 is 0 Å². The summed E-state index contributed by atoms with van der Waals surface area (Å²) in [6.45, 7) is 5.45. The van der Waals surface area contributed by atoms with Crippen LogP contribution in [0.1, 0.15) is 31.1 Å². The summed E-state index contributed by atoms with van der Waals surface area (Å²) >= 11 is 0. The van der Waals surface area contributed by atoms with Gasteiger partial charge in [-0.15, -0.1) is 0 Å². The van der Waals surface area contributed by atoms with Gasteiger partial charge in [0.1, 0.15) is 5.75 Å². The summed E-state index contributed by atoms with van der Waals surface area (Å²) in [4.78, 5) is 23.4. The summed E-state index contributed by atoms with van der Waals surface area (Å²) in [6, 6.07) is 6.19. The minimum Gasteiger partial charge on any atom is -0.491 e. The smallest absolute Gasteiger partial charge is 0.364 e. The van der Waals surface area contributed by atoms with Gasteiger partial charge in [0, 0.05) is 5.56 Å². The second-order valence-corrected chi connectivity index (χ2v) is 4.19. The molecule has 0 heterocycles. The zero-order chi connectivity index (χ0) is 15.1. The Bertz CT molecular complexity index is 505. The number of nitrogens with zero attached hydrogens (tertiary/aromatic N) is 1. The summed E-state index contributed by atoms with van der Waals surface area (Å²) < 4.78 is 10.1. The minimum absolute atomic E-state index is 0.0191. The van der Waals surface area contributed by atoms with E-state index in [1.165, 1.54) is 12.1 Å². The first kappa shape index (κ1) is 15.7. The highest BCUT2D eigenvalue weighted by atomic mass is 16.5. The maximum atomic E-state index is 12.0. The second kappa shape index (κ2) is 7.28. The van der Waals surface area contributed by atoms with E-state index in [9.17, 15) is 9.59 Å². The van der Waals surface area contributed by atoms with Crippen molar-refractivity contribution in [3.8, 4) is 5.75 Å². The fraction of sp³-hybridized carbons (Fsp3) is 0.357. The van der Waals surface area contributed by atoms with E-state index in [1.807, 2.05) is 13.8 Å². The SMILES string of the molecule is CCOC(=O)/C(=N\O)C(=O)c1ccc(OC(C)C)cc1. The van der Waals surface area contributed by atoms with E-state index in [0.717, 1.165) is 0 Å². The molecule has 1 aromatic rings. The highest BCUT2D eigenvalue weighted by Gasteiger charge is 2.24. The topological polar surface area (TPSA) is 85.2 Å². The zero-order valence-corrected chi connectivity index (χ0v) is 11.6. The lowest BCUT2D eigenvalue weighted by molar-refractivity contribution is -0.135. The van der Waals surface area contributed by atoms with Crippen LogP contribution in [0, 0.1) is 0 Å². The molecule has 0 aliphatic heterocycles. The molecule has 0 amide bonds. The molecule has 1 N–H and O–H groups in total. The Kier molecular flexibility index (Phi) is 5.71. The average molecular weight is 279 g/mol. The number of hydrogen-bond donors (Lipinski definition) is 1. The van der Waals surface area contributed by atoms with Gasteiger partial charge in [0.05, 0.1) is 12.7 Å². The summed E-state index contributed by atoms with van der Waals surface area (Å²) in [5.74, 6) is -1.06. The van der Waals surface area contributed by atoms with Crippen molar-refractivity contribution in [1.82, 2.24) is 0 Å². The fourth-order valence-corrected chi connectivity index (χ4v) is 1.47. The average Bonchev–Trinajstić information content (AvgIpc) is 2.40. The normalized spacial score (nSPS) is 11.3. The number of oxime groups is 1. The molecule has 0 saturated heterocycles. The van der Waals surface area contributed by atoms with Gasteiger partial charge in [-0.2, -0.15) is 0 Å². The van der Waals surface area contributed by atoms with Crippen molar-refractivity contribution in [3.05, 3.63) is 29.8 Å². The Morgan fingerprint density at radius 3 is 2.30 bits per heavy atom. The lowest BCUT2D eigenvalue weighted by atomic mass is 10.1. The largest absolute Gasteiger partial charge is 0.491 e. The van der Waals surface area contributed by atoms with Crippen molar-refractivity contribution in [3.63, 3.8) is 0 Å². The van der Waals surface area contributed by atoms with Crippen LogP contribution in [0.3, 0.4) is 0 Å². The molecule has 0 unspecified atom stereocenters. The molecule has 6 nitrogen and oxygen atoms in total. The Labute approximate surface area is 117 Å². The van der Waals surface area contributed by atoms with Gasteiger partial charge in [-0.3, -0.25) is 4.79 Å². The van der Waals surface area contributed by atoms with E-state index < -0.39 is 17.5 Å². The molecule has 0 aliphatic rings. The van der Waals surface area contributed by atoms with Crippen LogP contribution in [0.5, 0.6) is 5.75 Å². The van der Waals surface area contributed by atoms with Crippen molar-refractivity contribution in [2.75, 3.05) is 6.61 Å². The van der Waals surface area contributed by atoms with Crippen LogP contribution in [0.4, 0.5) is 0 Å². The van der Waals surface area contributed by atoms with Crippen molar-refractivity contribution in [1.29, 1.82) is 0 Å². The number of carbonyl (C=O) groups is 2. The number of ether oxygens (including phenoxy) is 2. The number of esters is 1. The zero-order valence-electron chi connectivity index (χ0n) is 11.6. The molecular weight excluding hydrogens is 262 g/mol. The van der Waals surface area contributed by atoms with E-state index in [0.29, 0.717) is 5.75 Å². The van der Waals surface area contributed by atoms with Gasteiger partial charge < -0.3 is 14.7 Å². The summed E-state index contributed by atoms with van der Waals surface area (Å²) in [7, 11) is 0. The first-order chi connectivity index (χ1) is 9.49. The molecule has 108 valence electrons. The van der Waals surface area contributed by atoms with Crippen LogP contribution < -0.4 is 4.74 Å². The van der Waals surface area contributed by atoms with Crippen LogP contribution in [0.25, 0.3) is 0 Å². The van der Waals surface area contributed by atoms with Crippen molar-refractivity contribution >= 4 is 17.5 Å². The molecule has 0 aliphatic carbocycles. The number of carbonyl (C=O) groups excluding carboxylic acids is 2. The Hall–Kier alpha value is -2.37. The molecule has 0 fully saturated rings. The third-order valence-corrected chi connectivity index (χ3v) is 2.27. The van der Waals surface area contributed by atoms with Gasteiger partial charge in [0.15, 0.2) is 0 Å². The number of hydrogen-bond acceptors (Lipinski definition) is 6. The van der Waals surface area contributed by atoms with Crippen molar-refractivity contribution < 1.29 is 24.3 Å². The van der Waals surface area contributed by atoms with Crippen LogP contribution in [-0.2, 0) is 9.53 Å². The Morgan fingerprint density at radius 1 is 1.25 bits per heavy atom. The van der Waals surface area contributed by atoms with Gasteiger partial charge in [-0.05, 0) is 45.0 Å². The second-order valence-electron chi connectivity index (χ2n) is 4.19. The van der Waals surface area contributed by atoms with Crippen LogP contribution in [-0.4, -0.2) is 35.4 Å². The van der Waals surface area contributed by atoms with Gasteiger partial charge in [-0.25, -0.2) is 4.79 Å². The third-order valence-electron chi connectivity index (χ3n) is 2.27. The number of Topliss-reactive ketones (excluding diaryl/α,β-unsaturated/α-hetero) is 1. The summed E-state index contributed by atoms with van der Waals surface area (Å²) in [6.07, 6.45) is 0.0191. The fourth-order valence-electron chi connectivity index (χ4n) is 1.47. The lowest BCUT2D eigenvalue weighted by Gasteiger charge is -2.09. The molecule has 1 aromatic carbocycles. The molecule has 0 saturated carbocycles. The molecule has 20 heavy (non-hydrogen) atoms. The highest BCUT2D eigenvalue weighted by molar-refractivity contribution is 6.67. The molecule has 0 aromatic heterocycles. The van der Waals surface area contributed by atoms with E-state index in [1.54, 1.807) is 19.1 Å². The monoisotopic (exact) mass is 279 g/mol. The predicted octanol–water partition coefficient (Wildman–Crippen LogP) is 2.05. The summed E-state index contributed by atoms with van der Waals surface area (Å²) in [5, 5.41) is 11.5. The highest BCUT2D eigenvalue weighted by Crippen LogP contribution is 2.14. The maximum absolute atomic E-state index is 12.0. The number of rotatable bonds is 6. The Morgan fingerprint density at radius 2 is 1.85 bits per heavy atom. The van der Waals surface area contributed by atoms with Gasteiger partial charge in [0.25, 0.3) is 0 Å². The molecule has 0 radical (unpaired) electrons. The van der Waals surface area contributed by atoms with E-state index in [2.05, 4.69) is 9.89 Å². The van der Waals surface area contributed by atoms with Crippen LogP contribution in [0.15, 0.2) is 29.4 Å². The number of benzene rings is 1. The number of ketones is 1. The molecule has 6 heteroatoms. The summed E-state index contributed by atoms with van der Waals surface area (Å²) in [5.41, 5.74) is -0.439. The standard InChI is InChI=1S/C14H17NO5/c1-4-19-14(17)12(15-18)13(16)10-5-7-11(8-6-10)20-9(2)3/h5-9,18H,4H2,1-3H3/b15-12-. The van der Waals surface area contributed by atoms with E-state index in [4.69, 9.17) is 9.94 Å². The molecule has 1 rings (SSSR count). The quantitative estimate of drug-likeness (QED) is 0.215. The molecule has 0 bridgehead atoms.